The largest absolute Gasteiger partial charge is 0.456 e. The average molecular weight is 641 g/mol. The minimum absolute atomic E-state index is 0.0880. The van der Waals surface area contributed by atoms with Crippen molar-refractivity contribution in [3.63, 3.8) is 0 Å². The van der Waals surface area contributed by atoms with Crippen LogP contribution in [-0.2, 0) is 5.41 Å². The molecule has 50 heavy (non-hydrogen) atoms. The molecule has 0 bridgehead atoms. The van der Waals surface area contributed by atoms with Crippen LogP contribution in [0.2, 0.25) is 0 Å². The van der Waals surface area contributed by atoms with Crippen LogP contribution in [0.15, 0.2) is 162 Å². The van der Waals surface area contributed by atoms with Gasteiger partial charge in [0.05, 0.1) is 11.2 Å². The van der Waals surface area contributed by atoms with E-state index in [0.717, 1.165) is 49.7 Å². The summed E-state index contributed by atoms with van der Waals surface area (Å²) < 4.78 is 6.22. The van der Waals surface area contributed by atoms with Crippen molar-refractivity contribution < 1.29 is 4.42 Å². The van der Waals surface area contributed by atoms with Gasteiger partial charge in [-0.25, -0.2) is 9.97 Å². The third-order valence-electron chi connectivity index (χ3n) is 10.5. The van der Waals surface area contributed by atoms with Gasteiger partial charge in [0, 0.05) is 32.7 Å². The summed E-state index contributed by atoms with van der Waals surface area (Å²) in [4.78, 5) is 10.4. The number of fused-ring (bicyclic) bond motifs is 7. The predicted octanol–water partition coefficient (Wildman–Crippen LogP) is 12.5. The zero-order valence-corrected chi connectivity index (χ0v) is 27.8. The van der Waals surface area contributed by atoms with E-state index in [0.29, 0.717) is 5.82 Å². The minimum Gasteiger partial charge on any atom is -0.456 e. The molecule has 236 valence electrons. The maximum absolute atomic E-state index is 6.22. The molecule has 0 atom stereocenters. The fourth-order valence-corrected chi connectivity index (χ4v) is 8.13. The molecule has 3 nitrogen and oxygen atoms in total. The SMILES string of the molecule is CC1(C)c2ccccc2-c2c1ccc(-c1ccccc1)c2-c1ccc(-c2nc(-c3cccc4oc5ccccc5c34)nc3ccccc23)cc1. The molecule has 3 heteroatoms. The van der Waals surface area contributed by atoms with Crippen molar-refractivity contribution in [2.45, 2.75) is 19.3 Å². The molecule has 0 amide bonds. The molecule has 1 aliphatic carbocycles. The lowest BCUT2D eigenvalue weighted by atomic mass is 9.80. The molecule has 0 spiro atoms. The van der Waals surface area contributed by atoms with Gasteiger partial charge < -0.3 is 4.42 Å². The van der Waals surface area contributed by atoms with Gasteiger partial charge >= 0.3 is 0 Å². The Morgan fingerprint density at radius 1 is 0.440 bits per heavy atom. The summed E-state index contributed by atoms with van der Waals surface area (Å²) in [6.45, 7) is 4.69. The Morgan fingerprint density at radius 3 is 1.98 bits per heavy atom. The highest BCUT2D eigenvalue weighted by atomic mass is 16.3. The van der Waals surface area contributed by atoms with Gasteiger partial charge in [0.25, 0.3) is 0 Å². The number of hydrogen-bond donors (Lipinski definition) is 0. The van der Waals surface area contributed by atoms with Crippen LogP contribution in [0.5, 0.6) is 0 Å². The third-order valence-corrected chi connectivity index (χ3v) is 10.5. The van der Waals surface area contributed by atoms with E-state index < -0.39 is 0 Å². The molecular weight excluding hydrogens is 609 g/mol. The summed E-state index contributed by atoms with van der Waals surface area (Å²) in [6, 6.07) is 55.9. The fourth-order valence-electron chi connectivity index (χ4n) is 8.13. The Labute approximate surface area is 290 Å². The summed E-state index contributed by atoms with van der Waals surface area (Å²) in [5, 5.41) is 3.12. The van der Waals surface area contributed by atoms with Crippen molar-refractivity contribution >= 4 is 32.8 Å². The second-order valence-electron chi connectivity index (χ2n) is 13.7. The van der Waals surface area contributed by atoms with Crippen LogP contribution >= 0.6 is 0 Å². The van der Waals surface area contributed by atoms with E-state index >= 15 is 0 Å². The zero-order chi connectivity index (χ0) is 33.4. The standard InChI is InChI=1S/C47H32N2O/c1-47(2)37-19-9-6-15-33(37)44-38(47)28-27-32(29-13-4-3-5-14-29)42(44)30-23-25-31(26-24-30)45-34-16-7-10-20-39(34)48-46(49-45)36-18-12-22-41-43(36)35-17-8-11-21-40(35)50-41/h3-28H,1-2H3. The lowest BCUT2D eigenvalue weighted by Gasteiger charge is -2.23. The molecule has 0 radical (unpaired) electrons. The van der Waals surface area contributed by atoms with Gasteiger partial charge in [0.15, 0.2) is 5.82 Å². The molecule has 0 fully saturated rings. The Morgan fingerprint density at radius 2 is 1.12 bits per heavy atom. The highest BCUT2D eigenvalue weighted by molar-refractivity contribution is 6.12. The van der Waals surface area contributed by atoms with Gasteiger partial charge in [-0.15, -0.1) is 0 Å². The van der Waals surface area contributed by atoms with Crippen LogP contribution in [0, 0.1) is 0 Å². The highest BCUT2D eigenvalue weighted by Crippen LogP contribution is 2.54. The van der Waals surface area contributed by atoms with Crippen molar-refractivity contribution in [3.8, 4) is 56.0 Å². The molecule has 2 aromatic heterocycles. The molecular formula is C47H32N2O. The van der Waals surface area contributed by atoms with E-state index in [1.54, 1.807) is 0 Å². The molecule has 1 aliphatic rings. The number of hydrogen-bond acceptors (Lipinski definition) is 3. The first-order valence-corrected chi connectivity index (χ1v) is 17.2. The van der Waals surface area contributed by atoms with E-state index in [2.05, 4.69) is 135 Å². The van der Waals surface area contributed by atoms with E-state index in [4.69, 9.17) is 14.4 Å². The molecule has 0 unspecified atom stereocenters. The van der Waals surface area contributed by atoms with Crippen molar-refractivity contribution in [1.82, 2.24) is 9.97 Å². The van der Waals surface area contributed by atoms with Crippen molar-refractivity contribution in [3.05, 3.63) is 169 Å². The molecule has 7 aromatic carbocycles. The van der Waals surface area contributed by atoms with E-state index in [1.165, 1.54) is 44.5 Å². The Hall–Kier alpha value is -6.32. The van der Waals surface area contributed by atoms with Crippen LogP contribution in [0.25, 0.3) is 88.9 Å². The topological polar surface area (TPSA) is 38.9 Å². The number of rotatable bonds is 4. The van der Waals surface area contributed by atoms with Crippen molar-refractivity contribution in [2.24, 2.45) is 0 Å². The van der Waals surface area contributed by atoms with Crippen LogP contribution < -0.4 is 0 Å². The van der Waals surface area contributed by atoms with Gasteiger partial charge in [-0.3, -0.25) is 0 Å². The number of nitrogens with zero attached hydrogens (tertiary/aromatic N) is 2. The van der Waals surface area contributed by atoms with Gasteiger partial charge in [-0.05, 0) is 62.7 Å². The average Bonchev–Trinajstić information content (AvgIpc) is 3.67. The Bertz CT molecular complexity index is 2770. The minimum atomic E-state index is -0.0880. The molecule has 0 saturated heterocycles. The van der Waals surface area contributed by atoms with E-state index in [-0.39, 0.29) is 5.41 Å². The van der Waals surface area contributed by atoms with Crippen LogP contribution in [0.4, 0.5) is 0 Å². The van der Waals surface area contributed by atoms with E-state index in [9.17, 15) is 0 Å². The summed E-state index contributed by atoms with van der Waals surface area (Å²) in [6.07, 6.45) is 0. The second-order valence-corrected chi connectivity index (χ2v) is 13.7. The van der Waals surface area contributed by atoms with Gasteiger partial charge in [0.2, 0.25) is 0 Å². The van der Waals surface area contributed by atoms with Crippen LogP contribution in [-0.4, -0.2) is 9.97 Å². The summed E-state index contributed by atoms with van der Waals surface area (Å²) in [5.74, 6) is 0.686. The Balaban J connectivity index is 1.17. The highest BCUT2D eigenvalue weighted by Gasteiger charge is 2.37. The van der Waals surface area contributed by atoms with Crippen molar-refractivity contribution in [2.75, 3.05) is 0 Å². The summed E-state index contributed by atoms with van der Waals surface area (Å²) in [5.41, 5.74) is 15.7. The quantitative estimate of drug-likeness (QED) is 0.192. The molecule has 0 saturated carbocycles. The smallest absolute Gasteiger partial charge is 0.161 e. The first-order chi connectivity index (χ1) is 24.6. The normalized spacial score (nSPS) is 13.2. The summed E-state index contributed by atoms with van der Waals surface area (Å²) in [7, 11) is 0. The summed E-state index contributed by atoms with van der Waals surface area (Å²) >= 11 is 0. The zero-order valence-electron chi connectivity index (χ0n) is 27.8. The van der Waals surface area contributed by atoms with Gasteiger partial charge in [-0.1, -0.05) is 153 Å². The molecule has 9 aromatic rings. The molecule has 10 rings (SSSR count). The number of furan rings is 1. The van der Waals surface area contributed by atoms with E-state index in [1.807, 2.05) is 36.4 Å². The lowest BCUT2D eigenvalue weighted by Crippen LogP contribution is -2.14. The number of para-hydroxylation sites is 2. The monoisotopic (exact) mass is 640 g/mol. The Kier molecular flexibility index (Phi) is 6.22. The second kappa shape index (κ2) is 10.8. The van der Waals surface area contributed by atoms with Gasteiger partial charge in [0.1, 0.15) is 11.2 Å². The first kappa shape index (κ1) is 28.7. The van der Waals surface area contributed by atoms with Gasteiger partial charge in [-0.2, -0.15) is 0 Å². The predicted molar refractivity (Wildman–Crippen MR) is 206 cm³/mol. The van der Waals surface area contributed by atoms with Crippen LogP contribution in [0.1, 0.15) is 25.0 Å². The van der Waals surface area contributed by atoms with Crippen molar-refractivity contribution in [1.29, 1.82) is 0 Å². The first-order valence-electron chi connectivity index (χ1n) is 17.2. The molecule has 0 aliphatic heterocycles. The van der Waals surface area contributed by atoms with Crippen LogP contribution in [0.3, 0.4) is 0 Å². The lowest BCUT2D eigenvalue weighted by molar-refractivity contribution is 0.660. The third kappa shape index (κ3) is 4.23. The maximum Gasteiger partial charge on any atom is 0.161 e. The molecule has 2 heterocycles. The number of benzene rings is 7. The number of aromatic nitrogens is 2. The maximum atomic E-state index is 6.22. The molecule has 0 N–H and O–H groups in total. The fraction of sp³-hybridized carbons (Fsp3) is 0.0638.